The van der Waals surface area contributed by atoms with Crippen LogP contribution in [0.15, 0.2) is 0 Å². The molecule has 0 aromatic carbocycles. The van der Waals surface area contributed by atoms with Crippen molar-refractivity contribution in [2.75, 3.05) is 12.9 Å². The van der Waals surface area contributed by atoms with Gasteiger partial charge in [-0.3, -0.25) is 8.98 Å². The second-order valence-corrected chi connectivity index (χ2v) is 12.5. The predicted octanol–water partition coefficient (Wildman–Crippen LogP) is 3.33. The summed E-state index contributed by atoms with van der Waals surface area (Å²) in [5, 5.41) is 2.49. The first kappa shape index (κ1) is 31.1. The van der Waals surface area contributed by atoms with Crippen LogP contribution >= 0.6 is 0 Å². The Labute approximate surface area is 198 Å². The van der Waals surface area contributed by atoms with Crippen LogP contribution in [0.1, 0.15) is 81.6 Å². The lowest BCUT2D eigenvalue weighted by atomic mass is 9.94. The van der Waals surface area contributed by atoms with Crippen LogP contribution in [0, 0.1) is 5.92 Å². The van der Waals surface area contributed by atoms with Crippen LogP contribution in [0.25, 0.3) is 0 Å². The van der Waals surface area contributed by atoms with Gasteiger partial charge in [-0.25, -0.2) is 9.59 Å². The van der Waals surface area contributed by atoms with Crippen molar-refractivity contribution in [2.45, 2.75) is 104 Å². The zero-order chi connectivity index (χ0) is 26.3. The van der Waals surface area contributed by atoms with Gasteiger partial charge in [-0.05, 0) is 81.6 Å². The van der Waals surface area contributed by atoms with E-state index in [1.165, 1.54) is 0 Å². The average Bonchev–Trinajstić information content (AvgIpc) is 2.50. The number of ether oxygens (including phenoxy) is 3. The summed E-state index contributed by atoms with van der Waals surface area (Å²) < 4.78 is 43.3. The Morgan fingerprint density at radius 2 is 1.24 bits per heavy atom. The molecule has 0 saturated heterocycles. The molecule has 11 heteroatoms. The molecule has 0 aromatic rings. The van der Waals surface area contributed by atoms with Crippen molar-refractivity contribution in [3.8, 4) is 0 Å². The first-order valence-electron chi connectivity index (χ1n) is 10.9. The molecule has 0 aromatic heterocycles. The van der Waals surface area contributed by atoms with E-state index in [4.69, 9.17) is 18.4 Å². The fourth-order valence-corrected chi connectivity index (χ4v) is 3.00. The van der Waals surface area contributed by atoms with E-state index in [9.17, 15) is 22.8 Å². The summed E-state index contributed by atoms with van der Waals surface area (Å²) >= 11 is 0. The number of carbonyl (C=O) groups is 3. The van der Waals surface area contributed by atoms with Crippen LogP contribution in [0.5, 0.6) is 0 Å². The fourth-order valence-electron chi connectivity index (χ4n) is 2.58. The molecule has 0 aliphatic carbocycles. The van der Waals surface area contributed by atoms with E-state index >= 15 is 0 Å². The molecule has 2 atom stereocenters. The topological polar surface area (TPSA) is 134 Å². The molecule has 194 valence electrons. The minimum absolute atomic E-state index is 0.123. The van der Waals surface area contributed by atoms with E-state index in [1.54, 1.807) is 62.3 Å². The minimum atomic E-state index is -3.63. The number of alkyl carbamates (subject to hydrolysis) is 1. The first-order valence-corrected chi connectivity index (χ1v) is 12.7. The van der Waals surface area contributed by atoms with Gasteiger partial charge >= 0.3 is 18.0 Å². The highest BCUT2D eigenvalue weighted by Crippen LogP contribution is 2.22. The summed E-state index contributed by atoms with van der Waals surface area (Å²) in [4.78, 5) is 38.0. The van der Waals surface area contributed by atoms with Crippen LogP contribution in [0.3, 0.4) is 0 Å². The van der Waals surface area contributed by atoms with Gasteiger partial charge < -0.3 is 19.5 Å². The molecule has 0 radical (unpaired) electrons. The Hall–Kier alpha value is -1.88. The van der Waals surface area contributed by atoms with Crippen LogP contribution in [0.2, 0.25) is 0 Å². The Balaban J connectivity index is 5.66. The summed E-state index contributed by atoms with van der Waals surface area (Å²) in [6.07, 6.45) is 0.357. The molecule has 0 saturated carbocycles. The van der Waals surface area contributed by atoms with Gasteiger partial charge in [0.1, 0.15) is 22.8 Å². The Bertz CT molecular complexity index is 771. The quantitative estimate of drug-likeness (QED) is 0.209. The predicted molar refractivity (Wildman–Crippen MR) is 123 cm³/mol. The van der Waals surface area contributed by atoms with E-state index < -0.39 is 56.9 Å². The monoisotopic (exact) mass is 495 g/mol. The zero-order valence-electron chi connectivity index (χ0n) is 21.6. The highest BCUT2D eigenvalue weighted by molar-refractivity contribution is 7.85. The molecule has 0 aliphatic rings. The smallest absolute Gasteiger partial charge is 0.408 e. The van der Waals surface area contributed by atoms with Gasteiger partial charge in [0.25, 0.3) is 10.1 Å². The Kier molecular flexibility index (Phi) is 11.3. The average molecular weight is 496 g/mol. The van der Waals surface area contributed by atoms with Crippen molar-refractivity contribution in [3.05, 3.63) is 0 Å². The maximum atomic E-state index is 12.8. The van der Waals surface area contributed by atoms with Crippen molar-refractivity contribution in [3.63, 3.8) is 0 Å². The maximum Gasteiger partial charge on any atom is 0.408 e. The third kappa shape index (κ3) is 17.3. The van der Waals surface area contributed by atoms with Gasteiger partial charge in [0.2, 0.25) is 0 Å². The number of esters is 2. The van der Waals surface area contributed by atoms with Gasteiger partial charge in [-0.1, -0.05) is 0 Å². The van der Waals surface area contributed by atoms with Crippen LogP contribution in [-0.4, -0.2) is 62.2 Å². The van der Waals surface area contributed by atoms with Gasteiger partial charge in [0.05, 0.1) is 18.8 Å². The largest absolute Gasteiger partial charge is 0.460 e. The molecule has 0 fully saturated rings. The first-order chi connectivity index (χ1) is 14.6. The molecular weight excluding hydrogens is 454 g/mol. The Morgan fingerprint density at radius 3 is 1.67 bits per heavy atom. The van der Waals surface area contributed by atoms with Gasteiger partial charge in [0, 0.05) is 0 Å². The molecule has 0 aliphatic heterocycles. The number of carbonyl (C=O) groups excluding carboxylic acids is 3. The van der Waals surface area contributed by atoms with Gasteiger partial charge in [-0.15, -0.1) is 0 Å². The fraction of sp³-hybridized carbons (Fsp3) is 0.864. The van der Waals surface area contributed by atoms with Crippen LogP contribution in [0.4, 0.5) is 4.79 Å². The normalized spacial score (nSPS) is 14.7. The lowest BCUT2D eigenvalue weighted by molar-refractivity contribution is -0.163. The highest BCUT2D eigenvalue weighted by Gasteiger charge is 2.34. The lowest BCUT2D eigenvalue weighted by Crippen LogP contribution is -2.47. The molecule has 10 nitrogen and oxygen atoms in total. The second kappa shape index (κ2) is 12.0. The maximum absolute atomic E-state index is 12.8. The van der Waals surface area contributed by atoms with Gasteiger partial charge in [0.15, 0.2) is 0 Å². The van der Waals surface area contributed by atoms with E-state index in [2.05, 4.69) is 5.32 Å². The van der Waals surface area contributed by atoms with E-state index in [0.717, 1.165) is 6.26 Å². The molecule has 0 heterocycles. The van der Waals surface area contributed by atoms with Crippen LogP contribution < -0.4 is 5.32 Å². The SMILES string of the molecule is CC(C)(C)OC(=O)N[C@@H](C[C@H](CCCOS(C)(=O)=O)C(=O)OC(C)(C)C)C(=O)OC(C)(C)C. The van der Waals surface area contributed by atoms with E-state index in [0.29, 0.717) is 0 Å². The number of hydrogen-bond donors (Lipinski definition) is 1. The number of hydrogen-bond acceptors (Lipinski definition) is 9. The molecule has 0 rings (SSSR count). The molecule has 0 spiro atoms. The summed E-state index contributed by atoms with van der Waals surface area (Å²) in [6, 6.07) is -1.19. The molecule has 0 bridgehead atoms. The second-order valence-electron chi connectivity index (χ2n) is 10.9. The number of amides is 1. The third-order valence-corrected chi connectivity index (χ3v) is 4.23. The zero-order valence-corrected chi connectivity index (χ0v) is 22.4. The molecule has 1 amide bonds. The molecular formula is C22H41NO9S. The van der Waals surface area contributed by atoms with Crippen LogP contribution in [-0.2, 0) is 38.1 Å². The summed E-state index contributed by atoms with van der Waals surface area (Å²) in [5.41, 5.74) is -2.40. The van der Waals surface area contributed by atoms with E-state index in [-0.39, 0.29) is 25.9 Å². The Morgan fingerprint density at radius 1 is 0.788 bits per heavy atom. The van der Waals surface area contributed by atoms with Crippen molar-refractivity contribution < 1.29 is 41.2 Å². The third-order valence-electron chi connectivity index (χ3n) is 3.64. The standard InChI is InChI=1S/C22H41NO9S/c1-20(2,3)30-17(24)15(12-11-13-29-33(10,27)28)14-16(18(25)31-21(4,5)6)23-19(26)32-22(7,8)9/h15-16H,11-14H2,1-10H3,(H,23,26)/t15-,16-/m0/s1. The molecule has 0 unspecified atom stereocenters. The highest BCUT2D eigenvalue weighted by atomic mass is 32.2. The molecule has 1 N–H and O–H groups in total. The summed E-state index contributed by atoms with van der Waals surface area (Å²) in [5.74, 6) is -2.14. The molecule has 33 heavy (non-hydrogen) atoms. The summed E-state index contributed by atoms with van der Waals surface area (Å²) in [7, 11) is -3.63. The lowest BCUT2D eigenvalue weighted by Gasteiger charge is -2.29. The summed E-state index contributed by atoms with van der Waals surface area (Å²) in [6.45, 7) is 15.1. The van der Waals surface area contributed by atoms with Gasteiger partial charge in [-0.2, -0.15) is 8.42 Å². The van der Waals surface area contributed by atoms with Crippen molar-refractivity contribution in [2.24, 2.45) is 5.92 Å². The van der Waals surface area contributed by atoms with E-state index in [1.807, 2.05) is 0 Å². The number of nitrogens with one attached hydrogen (secondary N) is 1. The van der Waals surface area contributed by atoms with Crippen molar-refractivity contribution in [1.29, 1.82) is 0 Å². The van der Waals surface area contributed by atoms with Crippen molar-refractivity contribution >= 4 is 28.1 Å². The number of rotatable bonds is 10. The van der Waals surface area contributed by atoms with Crippen molar-refractivity contribution in [1.82, 2.24) is 5.32 Å². The minimum Gasteiger partial charge on any atom is -0.460 e.